The van der Waals surface area contributed by atoms with E-state index in [4.69, 9.17) is 10.2 Å². The van der Waals surface area contributed by atoms with Crippen molar-refractivity contribution in [1.82, 2.24) is 5.32 Å². The zero-order valence-electron chi connectivity index (χ0n) is 7.62. The highest BCUT2D eigenvalue weighted by Gasteiger charge is 2.04. The molecule has 0 aromatic rings. The van der Waals surface area contributed by atoms with Crippen molar-refractivity contribution in [2.75, 3.05) is 6.54 Å². The number of aliphatic hydroxyl groups is 1. The van der Waals surface area contributed by atoms with Crippen molar-refractivity contribution < 1.29 is 19.8 Å². The Morgan fingerprint density at radius 1 is 1.38 bits per heavy atom. The first-order valence-corrected chi connectivity index (χ1v) is 4.19. The maximum atomic E-state index is 10.9. The Hall–Kier alpha value is -1.10. The van der Waals surface area contributed by atoms with Gasteiger partial charge in [-0.25, -0.2) is 0 Å². The van der Waals surface area contributed by atoms with E-state index in [1.54, 1.807) is 6.92 Å². The van der Waals surface area contributed by atoms with Gasteiger partial charge in [-0.05, 0) is 13.3 Å². The number of nitrogens with one attached hydrogen (secondary N) is 1. The third-order valence-electron chi connectivity index (χ3n) is 1.45. The molecule has 0 aliphatic carbocycles. The van der Waals surface area contributed by atoms with Crippen molar-refractivity contribution in [3.63, 3.8) is 0 Å². The van der Waals surface area contributed by atoms with Gasteiger partial charge >= 0.3 is 5.97 Å². The molecule has 0 spiro atoms. The van der Waals surface area contributed by atoms with Crippen LogP contribution in [-0.4, -0.2) is 34.7 Å². The van der Waals surface area contributed by atoms with E-state index in [-0.39, 0.29) is 25.3 Å². The number of carboxylic acids is 1. The van der Waals surface area contributed by atoms with E-state index in [1.807, 2.05) is 0 Å². The first-order chi connectivity index (χ1) is 6.02. The Balaban J connectivity index is 3.35. The van der Waals surface area contributed by atoms with Gasteiger partial charge in [0.05, 0.1) is 12.5 Å². The van der Waals surface area contributed by atoms with Gasteiger partial charge in [-0.3, -0.25) is 9.59 Å². The van der Waals surface area contributed by atoms with E-state index in [0.717, 1.165) is 0 Å². The van der Waals surface area contributed by atoms with Gasteiger partial charge in [-0.15, -0.1) is 0 Å². The summed E-state index contributed by atoms with van der Waals surface area (Å²) in [6.07, 6.45) is 0.0709. The fourth-order valence-corrected chi connectivity index (χ4v) is 0.737. The van der Waals surface area contributed by atoms with Crippen molar-refractivity contribution in [3.8, 4) is 0 Å². The van der Waals surface area contributed by atoms with Crippen LogP contribution in [0, 0.1) is 0 Å². The topological polar surface area (TPSA) is 86.6 Å². The second-order valence-electron chi connectivity index (χ2n) is 2.88. The van der Waals surface area contributed by atoms with Crippen LogP contribution in [0.1, 0.15) is 26.2 Å². The summed E-state index contributed by atoms with van der Waals surface area (Å²) in [4.78, 5) is 21.0. The molecule has 0 aromatic heterocycles. The van der Waals surface area contributed by atoms with Crippen LogP contribution in [0.5, 0.6) is 0 Å². The second-order valence-corrected chi connectivity index (χ2v) is 2.88. The molecule has 0 rings (SSSR count). The third-order valence-corrected chi connectivity index (χ3v) is 1.45. The molecule has 13 heavy (non-hydrogen) atoms. The number of carboxylic acid groups (broad SMARTS) is 1. The van der Waals surface area contributed by atoms with Crippen LogP contribution in [-0.2, 0) is 9.59 Å². The lowest BCUT2D eigenvalue weighted by molar-refractivity contribution is -0.136. The van der Waals surface area contributed by atoms with Crippen LogP contribution in [0.2, 0.25) is 0 Å². The molecule has 0 radical (unpaired) electrons. The zero-order valence-corrected chi connectivity index (χ0v) is 7.62. The molecule has 0 heterocycles. The van der Waals surface area contributed by atoms with E-state index >= 15 is 0 Å². The first-order valence-electron chi connectivity index (χ1n) is 4.19. The van der Waals surface area contributed by atoms with E-state index < -0.39 is 12.1 Å². The van der Waals surface area contributed by atoms with Gasteiger partial charge in [0.15, 0.2) is 0 Å². The van der Waals surface area contributed by atoms with E-state index in [2.05, 4.69) is 5.32 Å². The van der Waals surface area contributed by atoms with Gasteiger partial charge in [-0.2, -0.15) is 0 Å². The molecule has 0 aliphatic heterocycles. The van der Waals surface area contributed by atoms with Gasteiger partial charge in [0.1, 0.15) is 0 Å². The first kappa shape index (κ1) is 11.9. The highest BCUT2D eigenvalue weighted by Crippen LogP contribution is 1.94. The van der Waals surface area contributed by atoms with Gasteiger partial charge in [-0.1, -0.05) is 0 Å². The third kappa shape index (κ3) is 8.81. The molecule has 1 unspecified atom stereocenters. The summed E-state index contributed by atoms with van der Waals surface area (Å²) in [5.41, 5.74) is 0. The van der Waals surface area contributed by atoms with Gasteiger partial charge in [0.25, 0.3) is 0 Å². The summed E-state index contributed by atoms with van der Waals surface area (Å²) in [6, 6.07) is 0. The summed E-state index contributed by atoms with van der Waals surface area (Å²) in [5, 5.41) is 19.5. The molecule has 5 heteroatoms. The summed E-state index contributed by atoms with van der Waals surface area (Å²) in [7, 11) is 0. The Kier molecular flexibility index (Phi) is 5.88. The molecule has 0 fully saturated rings. The maximum Gasteiger partial charge on any atom is 0.305 e. The van der Waals surface area contributed by atoms with E-state index in [1.165, 1.54) is 0 Å². The molecule has 3 N–H and O–H groups in total. The molecular formula is C8H15NO4. The van der Waals surface area contributed by atoms with Crippen LogP contribution in [0.25, 0.3) is 0 Å². The summed E-state index contributed by atoms with van der Waals surface area (Å²) < 4.78 is 0. The fraction of sp³-hybridized carbons (Fsp3) is 0.750. The molecular weight excluding hydrogens is 174 g/mol. The minimum absolute atomic E-state index is 0.0690. The minimum atomic E-state index is -0.934. The van der Waals surface area contributed by atoms with Gasteiger partial charge < -0.3 is 15.5 Å². The van der Waals surface area contributed by atoms with Crippen LogP contribution < -0.4 is 5.32 Å². The van der Waals surface area contributed by atoms with Crippen molar-refractivity contribution in [2.24, 2.45) is 0 Å². The predicted octanol–water partition coefficient (Wildman–Crippen LogP) is -0.262. The average Bonchev–Trinajstić information content (AvgIpc) is 2.00. The largest absolute Gasteiger partial charge is 0.481 e. The van der Waals surface area contributed by atoms with Gasteiger partial charge in [0.2, 0.25) is 5.91 Å². The molecule has 5 nitrogen and oxygen atoms in total. The highest BCUT2D eigenvalue weighted by molar-refractivity contribution is 5.76. The van der Waals surface area contributed by atoms with Gasteiger partial charge in [0, 0.05) is 13.0 Å². The molecule has 0 bridgehead atoms. The SMILES string of the molecule is CC(O)CCC(=O)NCCC(=O)O. The number of aliphatic carboxylic acids is 1. The monoisotopic (exact) mass is 189 g/mol. The van der Waals surface area contributed by atoms with Crippen molar-refractivity contribution in [3.05, 3.63) is 0 Å². The molecule has 0 saturated heterocycles. The predicted molar refractivity (Wildman–Crippen MR) is 46.2 cm³/mol. The number of aliphatic hydroxyl groups excluding tert-OH is 1. The lowest BCUT2D eigenvalue weighted by Crippen LogP contribution is -2.26. The van der Waals surface area contributed by atoms with Crippen LogP contribution in [0.3, 0.4) is 0 Å². The van der Waals surface area contributed by atoms with E-state index in [9.17, 15) is 9.59 Å². The lowest BCUT2D eigenvalue weighted by atomic mass is 10.2. The highest BCUT2D eigenvalue weighted by atomic mass is 16.4. The zero-order chi connectivity index (χ0) is 10.3. The average molecular weight is 189 g/mol. The molecule has 1 atom stereocenters. The normalized spacial score (nSPS) is 12.2. The Labute approximate surface area is 76.8 Å². The lowest BCUT2D eigenvalue weighted by Gasteiger charge is -2.04. The summed E-state index contributed by atoms with van der Waals surface area (Å²) >= 11 is 0. The maximum absolute atomic E-state index is 10.9. The number of hydrogen-bond donors (Lipinski definition) is 3. The summed E-state index contributed by atoms with van der Waals surface area (Å²) in [6.45, 7) is 1.75. The molecule has 0 saturated carbocycles. The Morgan fingerprint density at radius 3 is 2.46 bits per heavy atom. The minimum Gasteiger partial charge on any atom is -0.481 e. The fourth-order valence-electron chi connectivity index (χ4n) is 0.737. The van der Waals surface area contributed by atoms with Crippen molar-refractivity contribution in [1.29, 1.82) is 0 Å². The molecule has 76 valence electrons. The van der Waals surface area contributed by atoms with Crippen LogP contribution in [0.4, 0.5) is 0 Å². The Bertz CT molecular complexity index is 179. The summed E-state index contributed by atoms with van der Waals surface area (Å²) in [5.74, 6) is -1.15. The molecule has 0 aromatic carbocycles. The standard InChI is InChI=1S/C8H15NO4/c1-6(10)2-3-7(11)9-5-4-8(12)13/h6,10H,2-5H2,1H3,(H,9,11)(H,12,13). The van der Waals surface area contributed by atoms with Crippen molar-refractivity contribution in [2.45, 2.75) is 32.3 Å². The number of carbonyl (C=O) groups excluding carboxylic acids is 1. The van der Waals surface area contributed by atoms with Crippen LogP contribution in [0.15, 0.2) is 0 Å². The number of rotatable bonds is 6. The van der Waals surface area contributed by atoms with E-state index in [0.29, 0.717) is 6.42 Å². The van der Waals surface area contributed by atoms with Crippen molar-refractivity contribution >= 4 is 11.9 Å². The number of amides is 1. The Morgan fingerprint density at radius 2 is 2.00 bits per heavy atom. The molecule has 0 aliphatic rings. The number of carbonyl (C=O) groups is 2. The van der Waals surface area contributed by atoms with Crippen LogP contribution >= 0.6 is 0 Å². The molecule has 1 amide bonds. The second kappa shape index (κ2) is 6.42. The smallest absolute Gasteiger partial charge is 0.305 e. The number of hydrogen-bond acceptors (Lipinski definition) is 3. The quantitative estimate of drug-likeness (QED) is 0.537.